The van der Waals surface area contributed by atoms with E-state index in [4.69, 9.17) is 14.2 Å². The third-order valence-corrected chi connectivity index (χ3v) is 6.34. The van der Waals surface area contributed by atoms with Crippen LogP contribution in [0.25, 0.3) is 0 Å². The summed E-state index contributed by atoms with van der Waals surface area (Å²) in [6, 6.07) is 26.3. The largest absolute Gasteiger partial charge is 0.491 e. The molecule has 0 aliphatic heterocycles. The Hall–Kier alpha value is -2.92. The fourth-order valence-corrected chi connectivity index (χ4v) is 5.15. The molecule has 0 aliphatic rings. The summed E-state index contributed by atoms with van der Waals surface area (Å²) < 4.78 is 16.8. The summed E-state index contributed by atoms with van der Waals surface area (Å²) in [5, 5.41) is 0. The second-order valence-electron chi connectivity index (χ2n) is 7.62. The van der Waals surface area contributed by atoms with Crippen LogP contribution >= 0.6 is 0 Å². The molecule has 3 aromatic rings. The molecule has 4 nitrogen and oxygen atoms in total. The number of rotatable bonds is 7. The Bertz CT molecular complexity index is 926. The Kier molecular flexibility index (Phi) is 7.06. The Labute approximate surface area is 181 Å². The quantitative estimate of drug-likeness (QED) is 0.371. The first-order valence-corrected chi connectivity index (χ1v) is 11.0. The molecule has 30 heavy (non-hydrogen) atoms. The first kappa shape index (κ1) is 21.8. The zero-order valence-corrected chi connectivity index (χ0v) is 18.6. The Morgan fingerprint density at radius 3 is 1.93 bits per heavy atom. The SMILES string of the molecule is COc1ccc(OCC(=O)OC(C)(C)C)cc1[S+](c1ccccc1)c1ccccc1. The van der Waals surface area contributed by atoms with Gasteiger partial charge in [0, 0.05) is 6.07 Å². The highest BCUT2D eigenvalue weighted by atomic mass is 32.2. The Morgan fingerprint density at radius 1 is 0.867 bits per heavy atom. The maximum absolute atomic E-state index is 12.0. The van der Waals surface area contributed by atoms with Gasteiger partial charge in [-0.1, -0.05) is 36.4 Å². The maximum Gasteiger partial charge on any atom is 0.344 e. The van der Waals surface area contributed by atoms with Gasteiger partial charge in [-0.3, -0.25) is 0 Å². The predicted molar refractivity (Wildman–Crippen MR) is 119 cm³/mol. The molecule has 0 aliphatic carbocycles. The van der Waals surface area contributed by atoms with E-state index in [0.717, 1.165) is 10.6 Å². The van der Waals surface area contributed by atoms with Crippen LogP contribution in [-0.4, -0.2) is 25.3 Å². The summed E-state index contributed by atoms with van der Waals surface area (Å²) in [6.45, 7) is 5.36. The molecule has 0 heterocycles. The number of ether oxygens (including phenoxy) is 3. The fraction of sp³-hybridized carbons (Fsp3) is 0.240. The number of hydrogen-bond donors (Lipinski definition) is 0. The van der Waals surface area contributed by atoms with Crippen LogP contribution in [0.3, 0.4) is 0 Å². The van der Waals surface area contributed by atoms with Crippen LogP contribution in [0.15, 0.2) is 93.5 Å². The minimum atomic E-state index is -0.543. The van der Waals surface area contributed by atoms with E-state index in [9.17, 15) is 4.79 Å². The Morgan fingerprint density at radius 2 is 1.43 bits per heavy atom. The molecule has 156 valence electrons. The van der Waals surface area contributed by atoms with Crippen molar-refractivity contribution in [3.05, 3.63) is 78.9 Å². The highest BCUT2D eigenvalue weighted by molar-refractivity contribution is 7.97. The summed E-state index contributed by atoms with van der Waals surface area (Å²) in [6.07, 6.45) is 0. The van der Waals surface area contributed by atoms with Gasteiger partial charge in [-0.15, -0.1) is 0 Å². The molecule has 0 aromatic heterocycles. The van der Waals surface area contributed by atoms with Gasteiger partial charge in [-0.2, -0.15) is 0 Å². The van der Waals surface area contributed by atoms with E-state index >= 15 is 0 Å². The van der Waals surface area contributed by atoms with E-state index in [1.54, 1.807) is 7.11 Å². The molecule has 0 bridgehead atoms. The molecule has 3 aromatic carbocycles. The number of methoxy groups -OCH3 is 1. The third kappa shape index (κ3) is 5.80. The average molecular weight is 424 g/mol. The van der Waals surface area contributed by atoms with Gasteiger partial charge in [0.2, 0.25) is 4.90 Å². The van der Waals surface area contributed by atoms with Gasteiger partial charge in [-0.05, 0) is 57.2 Å². The van der Waals surface area contributed by atoms with Gasteiger partial charge < -0.3 is 14.2 Å². The molecule has 0 atom stereocenters. The van der Waals surface area contributed by atoms with E-state index in [1.807, 2.05) is 75.4 Å². The van der Waals surface area contributed by atoms with E-state index in [2.05, 4.69) is 24.3 Å². The minimum Gasteiger partial charge on any atom is -0.491 e. The van der Waals surface area contributed by atoms with Crippen LogP contribution in [0.2, 0.25) is 0 Å². The standard InChI is InChI=1S/C25H27O4S/c1-25(2,3)29-24(26)18-28-19-15-16-22(27-4)23(17-19)30(20-11-7-5-8-12-20)21-13-9-6-10-14-21/h5-17H,18H2,1-4H3/q+1. The fourth-order valence-electron chi connectivity index (χ4n) is 2.92. The van der Waals surface area contributed by atoms with E-state index < -0.39 is 11.6 Å². The van der Waals surface area contributed by atoms with Gasteiger partial charge in [-0.25, -0.2) is 4.79 Å². The number of benzene rings is 3. The van der Waals surface area contributed by atoms with Crippen LogP contribution < -0.4 is 9.47 Å². The number of hydrogen-bond acceptors (Lipinski definition) is 4. The molecular formula is C25H27O4S+. The summed E-state index contributed by atoms with van der Waals surface area (Å²) >= 11 is 0. The summed E-state index contributed by atoms with van der Waals surface area (Å²) in [5.74, 6) is 0.974. The smallest absolute Gasteiger partial charge is 0.344 e. The highest BCUT2D eigenvalue weighted by Crippen LogP contribution is 2.38. The minimum absolute atomic E-state index is 0.145. The topological polar surface area (TPSA) is 44.8 Å². The van der Waals surface area contributed by atoms with Crippen molar-refractivity contribution in [2.45, 2.75) is 41.1 Å². The van der Waals surface area contributed by atoms with Crippen LogP contribution in [-0.2, 0) is 20.4 Å². The molecule has 5 heteroatoms. The first-order valence-electron chi connectivity index (χ1n) is 9.74. The molecular weight excluding hydrogens is 396 g/mol. The molecule has 0 saturated heterocycles. The van der Waals surface area contributed by atoms with Crippen LogP contribution in [0.4, 0.5) is 0 Å². The lowest BCUT2D eigenvalue weighted by Gasteiger charge is -2.19. The van der Waals surface area contributed by atoms with Crippen molar-refractivity contribution in [2.24, 2.45) is 0 Å². The Balaban J connectivity index is 1.95. The van der Waals surface area contributed by atoms with E-state index in [0.29, 0.717) is 5.75 Å². The highest BCUT2D eigenvalue weighted by Gasteiger charge is 2.32. The van der Waals surface area contributed by atoms with Gasteiger partial charge in [0.1, 0.15) is 22.2 Å². The molecule has 0 radical (unpaired) electrons. The van der Waals surface area contributed by atoms with E-state index in [1.165, 1.54) is 9.79 Å². The molecule has 0 amide bonds. The monoisotopic (exact) mass is 423 g/mol. The number of carbonyl (C=O) groups excluding carboxylic acids is 1. The lowest BCUT2D eigenvalue weighted by Crippen LogP contribution is -2.27. The van der Waals surface area contributed by atoms with Crippen molar-refractivity contribution in [1.29, 1.82) is 0 Å². The zero-order chi connectivity index (χ0) is 21.6. The van der Waals surface area contributed by atoms with Gasteiger partial charge in [0.05, 0.1) is 7.11 Å². The molecule has 0 unspecified atom stereocenters. The van der Waals surface area contributed by atoms with Crippen molar-refractivity contribution in [1.82, 2.24) is 0 Å². The second-order valence-corrected chi connectivity index (χ2v) is 9.62. The summed E-state index contributed by atoms with van der Waals surface area (Å²) in [5.41, 5.74) is -0.543. The maximum atomic E-state index is 12.0. The zero-order valence-electron chi connectivity index (χ0n) is 17.8. The predicted octanol–water partition coefficient (Wildman–Crippen LogP) is 5.51. The molecule has 0 spiro atoms. The van der Waals surface area contributed by atoms with Crippen LogP contribution in [0.1, 0.15) is 20.8 Å². The van der Waals surface area contributed by atoms with Gasteiger partial charge in [0.15, 0.2) is 22.1 Å². The van der Waals surface area contributed by atoms with Crippen molar-refractivity contribution in [2.75, 3.05) is 13.7 Å². The number of carbonyl (C=O) groups is 1. The van der Waals surface area contributed by atoms with Gasteiger partial charge in [0.25, 0.3) is 0 Å². The lowest BCUT2D eigenvalue weighted by molar-refractivity contribution is -0.157. The molecule has 0 saturated carbocycles. The first-order chi connectivity index (χ1) is 14.4. The van der Waals surface area contributed by atoms with Crippen molar-refractivity contribution >= 4 is 16.9 Å². The molecule has 0 N–H and O–H groups in total. The van der Waals surface area contributed by atoms with Crippen molar-refractivity contribution < 1.29 is 19.0 Å². The van der Waals surface area contributed by atoms with Crippen molar-refractivity contribution in [3.63, 3.8) is 0 Å². The van der Waals surface area contributed by atoms with Gasteiger partial charge >= 0.3 is 5.97 Å². The summed E-state index contributed by atoms with van der Waals surface area (Å²) in [7, 11) is 1.28. The van der Waals surface area contributed by atoms with Crippen LogP contribution in [0.5, 0.6) is 11.5 Å². The average Bonchev–Trinajstić information content (AvgIpc) is 2.73. The normalized spacial score (nSPS) is 11.2. The second kappa shape index (κ2) is 9.72. The van der Waals surface area contributed by atoms with E-state index in [-0.39, 0.29) is 17.5 Å². The lowest BCUT2D eigenvalue weighted by atomic mass is 10.2. The number of esters is 1. The van der Waals surface area contributed by atoms with Crippen LogP contribution in [0, 0.1) is 0 Å². The summed E-state index contributed by atoms with van der Waals surface area (Å²) in [4.78, 5) is 15.4. The third-order valence-electron chi connectivity index (χ3n) is 4.09. The molecule has 0 fully saturated rings. The van der Waals surface area contributed by atoms with Crippen molar-refractivity contribution in [3.8, 4) is 11.5 Å². The molecule has 3 rings (SSSR count).